The molecule has 8 heteroatoms. The van der Waals surface area contributed by atoms with Crippen molar-refractivity contribution in [3.63, 3.8) is 0 Å². The third-order valence-corrected chi connectivity index (χ3v) is 3.93. The Morgan fingerprint density at radius 3 is 2.44 bits per heavy atom. The molecule has 0 unspecified atom stereocenters. The standard InChI is InChI=1S/C17H16F2N2O4/c18-13-1-2-15(14(19)9-13)25-11-16(22)20-4-6-21(7-5-20)17(23)12-3-8-24-10-12/h1-3,8-10H,4-7,11H2. The minimum Gasteiger partial charge on any atom is -0.481 e. The maximum absolute atomic E-state index is 13.5. The molecule has 1 aromatic carbocycles. The smallest absolute Gasteiger partial charge is 0.260 e. The fraction of sp³-hybridized carbons (Fsp3) is 0.294. The van der Waals surface area contributed by atoms with E-state index in [2.05, 4.69) is 0 Å². The zero-order chi connectivity index (χ0) is 17.8. The van der Waals surface area contributed by atoms with Crippen LogP contribution in [0.25, 0.3) is 0 Å². The first kappa shape index (κ1) is 16.9. The summed E-state index contributed by atoms with van der Waals surface area (Å²) in [5, 5.41) is 0. The maximum Gasteiger partial charge on any atom is 0.260 e. The number of halogens is 2. The number of carbonyl (C=O) groups excluding carboxylic acids is 2. The number of hydrogen-bond donors (Lipinski definition) is 0. The number of hydrogen-bond acceptors (Lipinski definition) is 4. The zero-order valence-corrected chi connectivity index (χ0v) is 13.3. The maximum atomic E-state index is 13.5. The van der Waals surface area contributed by atoms with Gasteiger partial charge in [0.15, 0.2) is 18.2 Å². The van der Waals surface area contributed by atoms with E-state index in [9.17, 15) is 18.4 Å². The Labute approximate surface area is 142 Å². The van der Waals surface area contributed by atoms with Crippen LogP contribution in [0.2, 0.25) is 0 Å². The van der Waals surface area contributed by atoms with Crippen molar-refractivity contribution in [2.75, 3.05) is 32.8 Å². The minimum absolute atomic E-state index is 0.148. The van der Waals surface area contributed by atoms with Gasteiger partial charge in [-0.3, -0.25) is 9.59 Å². The minimum atomic E-state index is -0.858. The van der Waals surface area contributed by atoms with Crippen molar-refractivity contribution in [3.05, 3.63) is 54.0 Å². The fourth-order valence-electron chi connectivity index (χ4n) is 2.55. The number of nitrogens with zero attached hydrogens (tertiary/aromatic N) is 2. The lowest BCUT2D eigenvalue weighted by molar-refractivity contribution is -0.134. The van der Waals surface area contributed by atoms with E-state index in [1.807, 2.05) is 0 Å². The van der Waals surface area contributed by atoms with Gasteiger partial charge in [-0.2, -0.15) is 0 Å². The second kappa shape index (κ2) is 7.33. The fourth-order valence-corrected chi connectivity index (χ4v) is 2.55. The number of ether oxygens (including phenoxy) is 1. The molecule has 3 rings (SSSR count). The molecule has 0 bridgehead atoms. The van der Waals surface area contributed by atoms with Gasteiger partial charge in [0.05, 0.1) is 11.8 Å². The van der Waals surface area contributed by atoms with Crippen molar-refractivity contribution in [2.24, 2.45) is 0 Å². The first-order valence-corrected chi connectivity index (χ1v) is 7.71. The van der Waals surface area contributed by atoms with Crippen LogP contribution in [0.3, 0.4) is 0 Å². The zero-order valence-electron chi connectivity index (χ0n) is 13.3. The summed E-state index contributed by atoms with van der Waals surface area (Å²) in [7, 11) is 0. The lowest BCUT2D eigenvalue weighted by Crippen LogP contribution is -2.51. The highest BCUT2D eigenvalue weighted by Gasteiger charge is 2.25. The summed E-state index contributed by atoms with van der Waals surface area (Å²) in [6.07, 6.45) is 2.81. The second-order valence-corrected chi connectivity index (χ2v) is 5.55. The Hall–Kier alpha value is -2.90. The molecule has 1 saturated heterocycles. The third kappa shape index (κ3) is 3.96. The molecule has 2 amide bonds. The Balaban J connectivity index is 1.49. The van der Waals surface area contributed by atoms with Gasteiger partial charge in [0, 0.05) is 32.2 Å². The Bertz CT molecular complexity index is 756. The summed E-state index contributed by atoms with van der Waals surface area (Å²) in [5.74, 6) is -2.22. The van der Waals surface area contributed by atoms with Crippen molar-refractivity contribution < 1.29 is 27.5 Å². The van der Waals surface area contributed by atoms with Gasteiger partial charge in [-0.15, -0.1) is 0 Å². The van der Waals surface area contributed by atoms with Gasteiger partial charge in [0.2, 0.25) is 0 Å². The van der Waals surface area contributed by atoms with Crippen LogP contribution in [0, 0.1) is 11.6 Å². The molecule has 2 aromatic rings. The van der Waals surface area contributed by atoms with Crippen LogP contribution >= 0.6 is 0 Å². The molecule has 1 fully saturated rings. The highest BCUT2D eigenvalue weighted by Crippen LogP contribution is 2.18. The van der Waals surface area contributed by atoms with Gasteiger partial charge in [-0.25, -0.2) is 8.78 Å². The molecule has 1 aliphatic rings. The predicted molar refractivity (Wildman–Crippen MR) is 83.0 cm³/mol. The van der Waals surface area contributed by atoms with Crippen molar-refractivity contribution >= 4 is 11.8 Å². The average Bonchev–Trinajstić information content (AvgIpc) is 3.15. The van der Waals surface area contributed by atoms with E-state index >= 15 is 0 Å². The normalized spacial score (nSPS) is 14.5. The van der Waals surface area contributed by atoms with E-state index in [-0.39, 0.29) is 24.2 Å². The molecule has 0 radical (unpaired) electrons. The van der Waals surface area contributed by atoms with Crippen molar-refractivity contribution in [2.45, 2.75) is 0 Å². The van der Waals surface area contributed by atoms with E-state index < -0.39 is 11.6 Å². The summed E-state index contributed by atoms with van der Waals surface area (Å²) in [4.78, 5) is 27.5. The van der Waals surface area contributed by atoms with E-state index in [0.29, 0.717) is 37.8 Å². The van der Waals surface area contributed by atoms with Gasteiger partial charge in [-0.1, -0.05) is 0 Å². The van der Waals surface area contributed by atoms with Crippen molar-refractivity contribution in [1.29, 1.82) is 0 Å². The number of rotatable bonds is 4. The van der Waals surface area contributed by atoms with Crippen LogP contribution in [0.4, 0.5) is 8.78 Å². The first-order valence-electron chi connectivity index (χ1n) is 7.71. The molecular formula is C17H16F2N2O4. The largest absolute Gasteiger partial charge is 0.481 e. The van der Waals surface area contributed by atoms with Crippen LogP contribution in [0.15, 0.2) is 41.2 Å². The SMILES string of the molecule is O=C(COc1ccc(F)cc1F)N1CCN(C(=O)c2ccoc2)CC1. The van der Waals surface area contributed by atoms with Crippen LogP contribution in [0.1, 0.15) is 10.4 Å². The van der Waals surface area contributed by atoms with E-state index in [1.54, 1.807) is 15.9 Å². The monoisotopic (exact) mass is 350 g/mol. The quantitative estimate of drug-likeness (QED) is 0.845. The van der Waals surface area contributed by atoms with Crippen LogP contribution in [-0.4, -0.2) is 54.4 Å². The molecule has 1 aromatic heterocycles. The Morgan fingerprint density at radius 2 is 1.80 bits per heavy atom. The molecule has 0 spiro atoms. The number of amides is 2. The van der Waals surface area contributed by atoms with Gasteiger partial charge in [0.25, 0.3) is 11.8 Å². The molecule has 2 heterocycles. The molecule has 0 atom stereocenters. The van der Waals surface area contributed by atoms with E-state index in [4.69, 9.17) is 9.15 Å². The Kier molecular flexibility index (Phi) is 4.97. The highest BCUT2D eigenvalue weighted by atomic mass is 19.1. The summed E-state index contributed by atoms with van der Waals surface area (Å²) in [6, 6.07) is 4.48. The van der Waals surface area contributed by atoms with E-state index in [0.717, 1.165) is 12.1 Å². The van der Waals surface area contributed by atoms with Gasteiger partial charge in [-0.05, 0) is 18.2 Å². The van der Waals surface area contributed by atoms with Gasteiger partial charge < -0.3 is 19.0 Å². The topological polar surface area (TPSA) is 63.0 Å². The summed E-state index contributed by atoms with van der Waals surface area (Å²) in [6.45, 7) is 1.15. The predicted octanol–water partition coefficient (Wildman–Crippen LogP) is 1.92. The molecule has 6 nitrogen and oxygen atoms in total. The lowest BCUT2D eigenvalue weighted by Gasteiger charge is -2.34. The van der Waals surface area contributed by atoms with Gasteiger partial charge in [0.1, 0.15) is 12.1 Å². The van der Waals surface area contributed by atoms with Crippen molar-refractivity contribution in [3.8, 4) is 5.75 Å². The molecule has 25 heavy (non-hydrogen) atoms. The van der Waals surface area contributed by atoms with Crippen LogP contribution in [0.5, 0.6) is 5.75 Å². The van der Waals surface area contributed by atoms with Crippen LogP contribution in [-0.2, 0) is 4.79 Å². The summed E-state index contributed by atoms with van der Waals surface area (Å²) < 4.78 is 36.3. The molecule has 0 N–H and O–H groups in total. The second-order valence-electron chi connectivity index (χ2n) is 5.55. The molecule has 0 saturated carbocycles. The van der Waals surface area contributed by atoms with E-state index in [1.165, 1.54) is 12.5 Å². The molecule has 1 aliphatic heterocycles. The number of piperazine rings is 1. The molecule has 0 aliphatic carbocycles. The van der Waals surface area contributed by atoms with Crippen LogP contribution < -0.4 is 4.74 Å². The number of furan rings is 1. The summed E-state index contributed by atoms with van der Waals surface area (Å²) >= 11 is 0. The molecule has 132 valence electrons. The Morgan fingerprint density at radius 1 is 1.08 bits per heavy atom. The first-order chi connectivity index (χ1) is 12.0. The molecular weight excluding hydrogens is 334 g/mol. The highest BCUT2D eigenvalue weighted by molar-refractivity contribution is 5.94. The number of carbonyl (C=O) groups is 2. The van der Waals surface area contributed by atoms with Crippen molar-refractivity contribution in [1.82, 2.24) is 9.80 Å². The summed E-state index contributed by atoms with van der Waals surface area (Å²) in [5.41, 5.74) is 0.467. The lowest BCUT2D eigenvalue weighted by atomic mass is 10.2. The van der Waals surface area contributed by atoms with Gasteiger partial charge >= 0.3 is 0 Å². The number of benzene rings is 1. The third-order valence-electron chi connectivity index (χ3n) is 3.93. The average molecular weight is 350 g/mol.